The maximum Gasteiger partial charge on any atom is 0.0189 e. The Hall–Kier alpha value is -0.820. The van der Waals surface area contributed by atoms with Crippen molar-refractivity contribution in [2.75, 3.05) is 0 Å². The lowest BCUT2D eigenvalue weighted by Crippen LogP contribution is -2.40. The second-order valence-corrected chi connectivity index (χ2v) is 5.14. The summed E-state index contributed by atoms with van der Waals surface area (Å²) in [5.74, 6) is 0.606. The Morgan fingerprint density at radius 3 is 1.94 bits per heavy atom. The predicted octanol–water partition coefficient (Wildman–Crippen LogP) is 3.87. The highest BCUT2D eigenvalue weighted by Gasteiger charge is 2.20. The van der Waals surface area contributed by atoms with Crippen molar-refractivity contribution in [1.29, 1.82) is 0 Å². The molecule has 16 heavy (non-hydrogen) atoms. The molecule has 0 aliphatic rings. The van der Waals surface area contributed by atoms with E-state index in [4.69, 9.17) is 5.73 Å². The summed E-state index contributed by atoms with van der Waals surface area (Å²) < 4.78 is 0. The molecule has 1 nitrogen and oxygen atoms in total. The molecule has 0 unspecified atom stereocenters. The minimum atomic E-state index is -0.0284. The van der Waals surface area contributed by atoms with Crippen LogP contribution in [0.2, 0.25) is 0 Å². The van der Waals surface area contributed by atoms with E-state index >= 15 is 0 Å². The van der Waals surface area contributed by atoms with Crippen LogP contribution in [0.15, 0.2) is 24.3 Å². The van der Waals surface area contributed by atoms with Crippen molar-refractivity contribution < 1.29 is 0 Å². The topological polar surface area (TPSA) is 26.0 Å². The number of hydrogen-bond donors (Lipinski definition) is 1. The Kier molecular flexibility index (Phi) is 4.55. The van der Waals surface area contributed by atoms with Gasteiger partial charge in [-0.15, -0.1) is 0 Å². The maximum absolute atomic E-state index is 6.33. The van der Waals surface area contributed by atoms with Gasteiger partial charge in [-0.25, -0.2) is 0 Å². The lowest BCUT2D eigenvalue weighted by atomic mass is 9.86. The second kappa shape index (κ2) is 5.49. The summed E-state index contributed by atoms with van der Waals surface area (Å²) >= 11 is 0. The SMILES string of the molecule is CCC(N)(CC)Cc1ccc(C(C)C)cc1. The summed E-state index contributed by atoms with van der Waals surface area (Å²) in [7, 11) is 0. The number of rotatable bonds is 5. The zero-order chi connectivity index (χ0) is 12.2. The van der Waals surface area contributed by atoms with E-state index < -0.39 is 0 Å². The second-order valence-electron chi connectivity index (χ2n) is 5.14. The average Bonchev–Trinajstić information content (AvgIpc) is 2.29. The van der Waals surface area contributed by atoms with Crippen LogP contribution in [0.25, 0.3) is 0 Å². The number of benzene rings is 1. The highest BCUT2D eigenvalue weighted by molar-refractivity contribution is 5.26. The molecule has 0 heterocycles. The lowest BCUT2D eigenvalue weighted by molar-refractivity contribution is 0.393. The minimum absolute atomic E-state index is 0.0284. The van der Waals surface area contributed by atoms with Crippen molar-refractivity contribution in [3.8, 4) is 0 Å². The monoisotopic (exact) mass is 219 g/mol. The number of nitrogens with two attached hydrogens (primary N) is 1. The van der Waals surface area contributed by atoms with E-state index in [0.717, 1.165) is 19.3 Å². The van der Waals surface area contributed by atoms with Gasteiger partial charge in [0.2, 0.25) is 0 Å². The Balaban J connectivity index is 2.75. The Labute approximate surface area is 100 Å². The molecule has 0 radical (unpaired) electrons. The van der Waals surface area contributed by atoms with Crippen LogP contribution in [0, 0.1) is 0 Å². The van der Waals surface area contributed by atoms with E-state index in [9.17, 15) is 0 Å². The molecule has 0 spiro atoms. The first kappa shape index (κ1) is 13.2. The van der Waals surface area contributed by atoms with E-state index in [0.29, 0.717) is 5.92 Å². The van der Waals surface area contributed by atoms with Gasteiger partial charge in [0, 0.05) is 5.54 Å². The first-order chi connectivity index (χ1) is 7.50. The van der Waals surface area contributed by atoms with Crippen molar-refractivity contribution in [2.45, 2.75) is 58.4 Å². The Bertz CT molecular complexity index is 307. The van der Waals surface area contributed by atoms with Crippen LogP contribution >= 0.6 is 0 Å². The Morgan fingerprint density at radius 2 is 1.56 bits per heavy atom. The van der Waals surface area contributed by atoms with E-state index in [1.54, 1.807) is 0 Å². The smallest absolute Gasteiger partial charge is 0.0189 e. The molecule has 1 aromatic carbocycles. The van der Waals surface area contributed by atoms with Crippen LogP contribution in [0.1, 0.15) is 57.6 Å². The van der Waals surface area contributed by atoms with Gasteiger partial charge < -0.3 is 5.73 Å². The van der Waals surface area contributed by atoms with Crippen LogP contribution in [-0.2, 0) is 6.42 Å². The molecule has 0 aromatic heterocycles. The highest BCUT2D eigenvalue weighted by Crippen LogP contribution is 2.20. The largest absolute Gasteiger partial charge is 0.325 e. The summed E-state index contributed by atoms with van der Waals surface area (Å²) in [5.41, 5.74) is 9.06. The molecular weight excluding hydrogens is 194 g/mol. The van der Waals surface area contributed by atoms with Crippen LogP contribution in [0.4, 0.5) is 0 Å². The average molecular weight is 219 g/mol. The maximum atomic E-state index is 6.33. The van der Waals surface area contributed by atoms with Gasteiger partial charge in [-0.3, -0.25) is 0 Å². The molecule has 0 bridgehead atoms. The molecule has 1 rings (SSSR count). The first-order valence-corrected chi connectivity index (χ1v) is 6.38. The highest BCUT2D eigenvalue weighted by atomic mass is 14.7. The van der Waals surface area contributed by atoms with Crippen LogP contribution in [0.5, 0.6) is 0 Å². The zero-order valence-electron chi connectivity index (χ0n) is 11.1. The molecule has 0 amide bonds. The van der Waals surface area contributed by atoms with Crippen LogP contribution in [0.3, 0.4) is 0 Å². The third kappa shape index (κ3) is 3.34. The summed E-state index contributed by atoms with van der Waals surface area (Å²) in [4.78, 5) is 0. The van der Waals surface area contributed by atoms with Crippen molar-refractivity contribution in [1.82, 2.24) is 0 Å². The van der Waals surface area contributed by atoms with Gasteiger partial charge in [0.1, 0.15) is 0 Å². The van der Waals surface area contributed by atoms with Crippen molar-refractivity contribution in [2.24, 2.45) is 5.73 Å². The predicted molar refractivity (Wildman–Crippen MR) is 71.7 cm³/mol. The molecule has 1 aromatic rings. The van der Waals surface area contributed by atoms with E-state index in [-0.39, 0.29) is 5.54 Å². The van der Waals surface area contributed by atoms with Gasteiger partial charge in [-0.05, 0) is 36.3 Å². The van der Waals surface area contributed by atoms with Gasteiger partial charge >= 0.3 is 0 Å². The quantitative estimate of drug-likeness (QED) is 0.799. The fourth-order valence-electron chi connectivity index (χ4n) is 1.93. The molecule has 0 saturated carbocycles. The molecule has 0 saturated heterocycles. The van der Waals surface area contributed by atoms with Crippen molar-refractivity contribution in [3.05, 3.63) is 35.4 Å². The van der Waals surface area contributed by atoms with E-state index in [2.05, 4.69) is 52.0 Å². The fraction of sp³-hybridized carbons (Fsp3) is 0.600. The fourth-order valence-corrected chi connectivity index (χ4v) is 1.93. The summed E-state index contributed by atoms with van der Waals surface area (Å²) in [6.07, 6.45) is 3.06. The molecular formula is C15H25N. The zero-order valence-corrected chi connectivity index (χ0v) is 11.1. The third-order valence-electron chi connectivity index (χ3n) is 3.61. The van der Waals surface area contributed by atoms with Gasteiger partial charge in [-0.2, -0.15) is 0 Å². The summed E-state index contributed by atoms with van der Waals surface area (Å²) in [6.45, 7) is 8.79. The summed E-state index contributed by atoms with van der Waals surface area (Å²) in [6, 6.07) is 8.90. The van der Waals surface area contributed by atoms with Crippen molar-refractivity contribution >= 4 is 0 Å². The summed E-state index contributed by atoms with van der Waals surface area (Å²) in [5, 5.41) is 0. The van der Waals surface area contributed by atoms with Crippen LogP contribution < -0.4 is 5.73 Å². The van der Waals surface area contributed by atoms with E-state index in [1.165, 1.54) is 11.1 Å². The molecule has 2 N–H and O–H groups in total. The normalized spacial score (nSPS) is 12.1. The van der Waals surface area contributed by atoms with Gasteiger partial charge in [0.25, 0.3) is 0 Å². The molecule has 0 aliphatic heterocycles. The van der Waals surface area contributed by atoms with E-state index in [1.807, 2.05) is 0 Å². The third-order valence-corrected chi connectivity index (χ3v) is 3.61. The van der Waals surface area contributed by atoms with Crippen LogP contribution in [-0.4, -0.2) is 5.54 Å². The van der Waals surface area contributed by atoms with Gasteiger partial charge in [0.15, 0.2) is 0 Å². The molecule has 1 heteroatoms. The number of hydrogen-bond acceptors (Lipinski definition) is 1. The van der Waals surface area contributed by atoms with Gasteiger partial charge in [0.05, 0.1) is 0 Å². The molecule has 0 fully saturated rings. The van der Waals surface area contributed by atoms with Crippen molar-refractivity contribution in [3.63, 3.8) is 0 Å². The minimum Gasteiger partial charge on any atom is -0.325 e. The molecule has 0 atom stereocenters. The lowest BCUT2D eigenvalue weighted by Gasteiger charge is -2.26. The molecule has 90 valence electrons. The first-order valence-electron chi connectivity index (χ1n) is 6.38. The molecule has 0 aliphatic carbocycles. The Morgan fingerprint density at radius 1 is 1.06 bits per heavy atom. The standard InChI is InChI=1S/C15H25N/c1-5-15(16,6-2)11-13-7-9-14(10-8-13)12(3)4/h7-10,12H,5-6,11,16H2,1-4H3. The van der Waals surface area contributed by atoms with Gasteiger partial charge in [-0.1, -0.05) is 52.0 Å².